The third-order valence-electron chi connectivity index (χ3n) is 4.14. The lowest BCUT2D eigenvalue weighted by molar-refractivity contribution is -0.128. The fraction of sp³-hybridized carbons (Fsp3) is 0.389. The number of rotatable bonds is 5. The summed E-state index contributed by atoms with van der Waals surface area (Å²) in [4.78, 5) is 26.0. The minimum absolute atomic E-state index is 0.0717. The van der Waals surface area contributed by atoms with Gasteiger partial charge in [-0.2, -0.15) is 0 Å². The van der Waals surface area contributed by atoms with Gasteiger partial charge in [0.1, 0.15) is 11.6 Å². The van der Waals surface area contributed by atoms with Crippen molar-refractivity contribution in [3.8, 4) is 0 Å². The number of halogens is 1. The second kappa shape index (κ2) is 7.04. The highest BCUT2D eigenvalue weighted by Gasteiger charge is 2.31. The Balaban J connectivity index is 1.59. The molecule has 1 N–H and O–H groups in total. The average Bonchev–Trinajstić information content (AvgIpc) is 3.15. The standard InChI is InChI=1S/C18H20FN3O3/c1-11(2)16-8-15(21-25-16)18(24)20-14-7-17(23)22(10-14)9-12-4-3-5-13(19)6-12/h3-6,8,11,14H,7,9-10H2,1-2H3,(H,20,24)/t14-/m1/s1. The van der Waals surface area contributed by atoms with Crippen LogP contribution in [0.3, 0.4) is 0 Å². The average molecular weight is 345 g/mol. The number of amides is 2. The topological polar surface area (TPSA) is 75.4 Å². The molecule has 2 amide bonds. The largest absolute Gasteiger partial charge is 0.360 e. The molecule has 1 aliphatic heterocycles. The summed E-state index contributed by atoms with van der Waals surface area (Å²) in [6.45, 7) is 4.60. The van der Waals surface area contributed by atoms with Gasteiger partial charge in [-0.05, 0) is 17.7 Å². The predicted octanol–water partition coefficient (Wildman–Crippen LogP) is 2.47. The van der Waals surface area contributed by atoms with Gasteiger partial charge in [0.2, 0.25) is 5.91 Å². The van der Waals surface area contributed by atoms with Crippen molar-refractivity contribution in [1.82, 2.24) is 15.4 Å². The van der Waals surface area contributed by atoms with Crippen molar-refractivity contribution in [2.75, 3.05) is 6.54 Å². The molecule has 1 aliphatic rings. The summed E-state index contributed by atoms with van der Waals surface area (Å²) in [5.74, 6) is 0.0175. The van der Waals surface area contributed by atoms with Crippen molar-refractivity contribution >= 4 is 11.8 Å². The minimum atomic E-state index is -0.360. The molecule has 0 radical (unpaired) electrons. The third kappa shape index (κ3) is 4.04. The molecule has 3 rings (SSSR count). The molecule has 0 unspecified atom stereocenters. The number of nitrogens with one attached hydrogen (secondary N) is 1. The number of likely N-dealkylation sites (tertiary alicyclic amines) is 1. The molecule has 132 valence electrons. The molecule has 0 spiro atoms. The van der Waals surface area contributed by atoms with Crippen LogP contribution in [0.15, 0.2) is 34.9 Å². The molecule has 1 aromatic heterocycles. The van der Waals surface area contributed by atoms with Crippen molar-refractivity contribution < 1.29 is 18.5 Å². The van der Waals surface area contributed by atoms with E-state index in [2.05, 4.69) is 10.5 Å². The van der Waals surface area contributed by atoms with E-state index in [-0.39, 0.29) is 41.7 Å². The van der Waals surface area contributed by atoms with Gasteiger partial charge in [0, 0.05) is 31.5 Å². The van der Waals surface area contributed by atoms with Crippen LogP contribution in [0.1, 0.15) is 48.0 Å². The summed E-state index contributed by atoms with van der Waals surface area (Å²) < 4.78 is 18.4. The lowest BCUT2D eigenvalue weighted by Gasteiger charge is -2.17. The molecule has 1 aromatic carbocycles. The predicted molar refractivity (Wildman–Crippen MR) is 88.3 cm³/mol. The first-order valence-electron chi connectivity index (χ1n) is 8.22. The molecule has 6 nitrogen and oxygen atoms in total. The summed E-state index contributed by atoms with van der Waals surface area (Å²) >= 11 is 0. The molecule has 0 aliphatic carbocycles. The number of hydrogen-bond acceptors (Lipinski definition) is 4. The van der Waals surface area contributed by atoms with Crippen LogP contribution in [0.25, 0.3) is 0 Å². The normalized spacial score (nSPS) is 17.4. The molecule has 0 saturated carbocycles. The van der Waals surface area contributed by atoms with E-state index in [1.54, 1.807) is 23.1 Å². The number of aromatic nitrogens is 1. The fourth-order valence-corrected chi connectivity index (χ4v) is 2.81. The van der Waals surface area contributed by atoms with E-state index in [9.17, 15) is 14.0 Å². The van der Waals surface area contributed by atoms with Crippen LogP contribution in [0, 0.1) is 5.82 Å². The summed E-state index contributed by atoms with van der Waals surface area (Å²) in [5.41, 5.74) is 0.929. The van der Waals surface area contributed by atoms with Crippen molar-refractivity contribution in [2.24, 2.45) is 0 Å². The Morgan fingerprint density at radius 2 is 2.24 bits per heavy atom. The maximum atomic E-state index is 13.3. The van der Waals surface area contributed by atoms with Crippen LogP contribution in [0.5, 0.6) is 0 Å². The van der Waals surface area contributed by atoms with Crippen molar-refractivity contribution in [3.05, 3.63) is 53.2 Å². The van der Waals surface area contributed by atoms with Crippen molar-refractivity contribution in [3.63, 3.8) is 0 Å². The highest BCUT2D eigenvalue weighted by atomic mass is 19.1. The van der Waals surface area contributed by atoms with Gasteiger partial charge >= 0.3 is 0 Å². The zero-order valence-electron chi connectivity index (χ0n) is 14.2. The number of benzene rings is 1. The quantitative estimate of drug-likeness (QED) is 0.903. The Hall–Kier alpha value is -2.70. The van der Waals surface area contributed by atoms with Crippen LogP contribution in [-0.4, -0.2) is 34.5 Å². The number of carbonyl (C=O) groups excluding carboxylic acids is 2. The first kappa shape index (κ1) is 17.1. The van der Waals surface area contributed by atoms with Crippen LogP contribution in [0.2, 0.25) is 0 Å². The first-order chi connectivity index (χ1) is 11.9. The van der Waals surface area contributed by atoms with Gasteiger partial charge in [-0.15, -0.1) is 0 Å². The van der Waals surface area contributed by atoms with Gasteiger partial charge < -0.3 is 14.7 Å². The molecule has 1 atom stereocenters. The SMILES string of the molecule is CC(C)c1cc(C(=O)N[C@@H]2CC(=O)N(Cc3cccc(F)c3)C2)no1. The minimum Gasteiger partial charge on any atom is -0.360 e. The van der Waals surface area contributed by atoms with Crippen molar-refractivity contribution in [2.45, 2.75) is 38.8 Å². The summed E-state index contributed by atoms with van der Waals surface area (Å²) in [7, 11) is 0. The Morgan fingerprint density at radius 3 is 2.92 bits per heavy atom. The Kier molecular flexibility index (Phi) is 4.83. The number of hydrogen-bond donors (Lipinski definition) is 1. The van der Waals surface area contributed by atoms with Crippen LogP contribution in [0.4, 0.5) is 4.39 Å². The molecule has 7 heteroatoms. The summed E-state index contributed by atoms with van der Waals surface area (Å²) in [6, 6.07) is 7.46. The first-order valence-corrected chi connectivity index (χ1v) is 8.22. The fourth-order valence-electron chi connectivity index (χ4n) is 2.81. The smallest absolute Gasteiger partial charge is 0.273 e. The highest BCUT2D eigenvalue weighted by Crippen LogP contribution is 2.18. The maximum Gasteiger partial charge on any atom is 0.273 e. The van der Waals surface area contributed by atoms with Gasteiger partial charge in [0.15, 0.2) is 5.69 Å². The molecule has 2 heterocycles. The van der Waals surface area contributed by atoms with E-state index < -0.39 is 0 Å². The number of nitrogens with zero attached hydrogens (tertiary/aromatic N) is 2. The van der Waals surface area contributed by atoms with Gasteiger partial charge in [-0.3, -0.25) is 9.59 Å². The molecular formula is C18H20FN3O3. The highest BCUT2D eigenvalue weighted by molar-refractivity contribution is 5.93. The molecule has 0 bridgehead atoms. The van der Waals surface area contributed by atoms with Gasteiger partial charge in [0.05, 0.1) is 6.04 Å². The monoisotopic (exact) mass is 345 g/mol. The number of carbonyl (C=O) groups is 2. The van der Waals surface area contributed by atoms with E-state index in [0.717, 1.165) is 5.56 Å². The molecule has 1 fully saturated rings. The zero-order valence-corrected chi connectivity index (χ0v) is 14.2. The maximum absolute atomic E-state index is 13.3. The van der Waals surface area contributed by atoms with E-state index >= 15 is 0 Å². The van der Waals surface area contributed by atoms with Crippen LogP contribution >= 0.6 is 0 Å². The van der Waals surface area contributed by atoms with Gasteiger partial charge in [0.25, 0.3) is 5.91 Å². The Morgan fingerprint density at radius 1 is 1.44 bits per heavy atom. The molecule has 25 heavy (non-hydrogen) atoms. The Bertz CT molecular complexity index is 787. The zero-order chi connectivity index (χ0) is 18.0. The molecule has 1 saturated heterocycles. The lowest BCUT2D eigenvalue weighted by Crippen LogP contribution is -2.37. The third-order valence-corrected chi connectivity index (χ3v) is 4.14. The lowest BCUT2D eigenvalue weighted by atomic mass is 10.1. The second-order valence-electron chi connectivity index (χ2n) is 6.55. The molecule has 2 aromatic rings. The summed E-state index contributed by atoms with van der Waals surface area (Å²) in [5, 5.41) is 6.57. The van der Waals surface area contributed by atoms with Crippen LogP contribution < -0.4 is 5.32 Å². The van der Waals surface area contributed by atoms with E-state index in [0.29, 0.717) is 18.8 Å². The van der Waals surface area contributed by atoms with Gasteiger partial charge in [-0.25, -0.2) is 4.39 Å². The van der Waals surface area contributed by atoms with E-state index in [4.69, 9.17) is 4.52 Å². The van der Waals surface area contributed by atoms with Crippen LogP contribution in [-0.2, 0) is 11.3 Å². The van der Waals surface area contributed by atoms with E-state index in [1.807, 2.05) is 13.8 Å². The van der Waals surface area contributed by atoms with E-state index in [1.165, 1.54) is 12.1 Å². The van der Waals surface area contributed by atoms with Crippen molar-refractivity contribution in [1.29, 1.82) is 0 Å². The second-order valence-corrected chi connectivity index (χ2v) is 6.55. The molecular weight excluding hydrogens is 325 g/mol. The Labute approximate surface area is 145 Å². The summed E-state index contributed by atoms with van der Waals surface area (Å²) in [6.07, 6.45) is 0.218. The van der Waals surface area contributed by atoms with Gasteiger partial charge in [-0.1, -0.05) is 31.1 Å².